The summed E-state index contributed by atoms with van der Waals surface area (Å²) < 4.78 is 28.1. The zero-order valence-corrected chi connectivity index (χ0v) is 12.2. The number of nitrogens with two attached hydrogens (primary N) is 1. The Hall–Kier alpha value is -1.04. The number of hydrogen-bond acceptors (Lipinski definition) is 7. The molecule has 0 aliphatic rings. The van der Waals surface area contributed by atoms with Gasteiger partial charge in [0, 0.05) is 0 Å². The van der Waals surface area contributed by atoms with E-state index < -0.39 is 16.0 Å². The summed E-state index contributed by atoms with van der Waals surface area (Å²) in [5, 5.41) is 8.70. The van der Waals surface area contributed by atoms with E-state index in [1.54, 1.807) is 6.92 Å². The summed E-state index contributed by atoms with van der Waals surface area (Å²) in [5.74, 6) is -0.612. The van der Waals surface area contributed by atoms with Crippen molar-refractivity contribution in [2.45, 2.75) is 11.3 Å². The molecule has 8 nitrogen and oxygen atoms in total. The second-order valence-electron chi connectivity index (χ2n) is 3.08. The van der Waals surface area contributed by atoms with Gasteiger partial charge >= 0.3 is 5.97 Å². The predicted octanol–water partition coefficient (Wildman–Crippen LogP) is 0.377. The molecule has 2 aromatic heterocycles. The highest BCUT2D eigenvalue weighted by Gasteiger charge is 2.23. The molecule has 2 aromatic rings. The Morgan fingerprint density at radius 3 is 2.78 bits per heavy atom. The molecule has 0 saturated heterocycles. The van der Waals surface area contributed by atoms with Crippen LogP contribution in [-0.4, -0.2) is 35.6 Å². The molecule has 98 valence electrons. The van der Waals surface area contributed by atoms with Crippen molar-refractivity contribution in [3.63, 3.8) is 0 Å². The molecule has 0 aromatic carbocycles. The van der Waals surface area contributed by atoms with Crippen LogP contribution in [0.15, 0.2) is 8.94 Å². The minimum Gasteiger partial charge on any atom is -0.461 e. The maximum absolute atomic E-state index is 11.5. The summed E-state index contributed by atoms with van der Waals surface area (Å²) in [7, 11) is -3.89. The molecule has 2 rings (SSSR count). The van der Waals surface area contributed by atoms with Crippen LogP contribution in [0.25, 0.3) is 4.96 Å². The molecular formula is C7H7BrN4O4S2. The van der Waals surface area contributed by atoms with Gasteiger partial charge in [-0.2, -0.15) is 4.52 Å². The number of ether oxygens (including phenoxy) is 1. The lowest BCUT2D eigenvalue weighted by molar-refractivity contribution is 0.0519. The van der Waals surface area contributed by atoms with Gasteiger partial charge in [-0.25, -0.2) is 23.3 Å². The maximum atomic E-state index is 11.5. The van der Waals surface area contributed by atoms with E-state index >= 15 is 0 Å². The quantitative estimate of drug-likeness (QED) is 0.796. The Morgan fingerprint density at radius 1 is 1.61 bits per heavy atom. The fourth-order valence-corrected chi connectivity index (χ4v) is 3.28. The number of sulfonamides is 1. The second-order valence-corrected chi connectivity index (χ2v) is 6.52. The first-order valence-corrected chi connectivity index (χ1v) is 7.75. The molecule has 11 heteroatoms. The van der Waals surface area contributed by atoms with Crippen LogP contribution in [0.3, 0.4) is 0 Å². The first-order chi connectivity index (χ1) is 8.34. The molecule has 0 radical (unpaired) electrons. The van der Waals surface area contributed by atoms with Gasteiger partial charge in [0.2, 0.25) is 9.30 Å². The number of rotatable bonds is 3. The van der Waals surface area contributed by atoms with E-state index in [4.69, 9.17) is 9.88 Å². The summed E-state index contributed by atoms with van der Waals surface area (Å²) in [6.07, 6.45) is 0. The van der Waals surface area contributed by atoms with Crippen molar-refractivity contribution in [2.24, 2.45) is 5.14 Å². The number of imidazole rings is 1. The van der Waals surface area contributed by atoms with Crippen molar-refractivity contribution in [1.29, 1.82) is 0 Å². The van der Waals surface area contributed by atoms with Gasteiger partial charge in [-0.05, 0) is 22.9 Å². The van der Waals surface area contributed by atoms with Crippen LogP contribution in [0.1, 0.15) is 17.4 Å². The Balaban J connectivity index is 2.54. The smallest absolute Gasteiger partial charge is 0.359 e. The molecule has 2 heterocycles. The van der Waals surface area contributed by atoms with Crippen LogP contribution in [0.5, 0.6) is 0 Å². The van der Waals surface area contributed by atoms with Crippen molar-refractivity contribution in [3.8, 4) is 0 Å². The van der Waals surface area contributed by atoms with E-state index in [0.29, 0.717) is 0 Å². The SMILES string of the molecule is CCOC(=O)c1nc2sc(S(N)(=O)=O)nn2c1Br. The normalized spacial score (nSPS) is 11.9. The fraction of sp³-hybridized carbons (Fsp3) is 0.286. The van der Waals surface area contributed by atoms with Crippen molar-refractivity contribution >= 4 is 48.2 Å². The molecule has 2 N–H and O–H groups in total. The number of fused-ring (bicyclic) bond motifs is 1. The minimum absolute atomic E-state index is 0.0385. The van der Waals surface area contributed by atoms with Gasteiger partial charge in [-0.15, -0.1) is 5.10 Å². The van der Waals surface area contributed by atoms with Crippen LogP contribution in [-0.2, 0) is 14.8 Å². The van der Waals surface area contributed by atoms with Crippen LogP contribution < -0.4 is 5.14 Å². The topological polar surface area (TPSA) is 117 Å². The third kappa shape index (κ3) is 2.25. The van der Waals surface area contributed by atoms with Gasteiger partial charge in [0.05, 0.1) is 6.61 Å². The van der Waals surface area contributed by atoms with E-state index in [0.717, 1.165) is 11.3 Å². The van der Waals surface area contributed by atoms with E-state index in [2.05, 4.69) is 26.0 Å². The third-order valence-electron chi connectivity index (χ3n) is 1.84. The molecule has 0 amide bonds. The van der Waals surface area contributed by atoms with E-state index in [1.807, 2.05) is 0 Å². The largest absolute Gasteiger partial charge is 0.461 e. The van der Waals surface area contributed by atoms with Crippen LogP contribution >= 0.6 is 27.3 Å². The summed E-state index contributed by atoms with van der Waals surface area (Å²) in [6.45, 7) is 1.88. The fourth-order valence-electron chi connectivity index (χ4n) is 1.15. The van der Waals surface area contributed by atoms with Gasteiger partial charge in [0.25, 0.3) is 10.0 Å². The highest BCUT2D eigenvalue weighted by Crippen LogP contribution is 2.25. The molecule has 0 fully saturated rings. The first-order valence-electron chi connectivity index (χ1n) is 4.59. The Bertz CT molecular complexity index is 719. The number of nitrogens with zero attached hydrogens (tertiary/aromatic N) is 3. The number of aromatic nitrogens is 3. The molecule has 18 heavy (non-hydrogen) atoms. The summed E-state index contributed by atoms with van der Waals surface area (Å²) in [4.78, 5) is 15.7. The average molecular weight is 355 g/mol. The molecule has 0 atom stereocenters. The predicted molar refractivity (Wildman–Crippen MR) is 65.9 cm³/mol. The Labute approximate surface area is 114 Å². The highest BCUT2D eigenvalue weighted by atomic mass is 79.9. The summed E-state index contributed by atoms with van der Waals surface area (Å²) in [5.41, 5.74) is 0.0385. The van der Waals surface area contributed by atoms with Gasteiger partial charge in [-0.3, -0.25) is 0 Å². The van der Waals surface area contributed by atoms with Gasteiger partial charge in [0.1, 0.15) is 4.60 Å². The molecular weight excluding hydrogens is 348 g/mol. The zero-order valence-electron chi connectivity index (χ0n) is 8.95. The molecule has 0 aliphatic heterocycles. The third-order valence-corrected chi connectivity index (χ3v) is 4.77. The van der Waals surface area contributed by atoms with Crippen LogP contribution in [0.4, 0.5) is 0 Å². The molecule has 0 aliphatic carbocycles. The highest BCUT2D eigenvalue weighted by molar-refractivity contribution is 9.10. The monoisotopic (exact) mass is 354 g/mol. The number of primary sulfonamides is 1. The first kappa shape index (κ1) is 13.4. The molecule has 0 saturated carbocycles. The summed E-state index contributed by atoms with van der Waals surface area (Å²) in [6, 6.07) is 0. The molecule has 0 bridgehead atoms. The van der Waals surface area contributed by atoms with Gasteiger partial charge in [0.15, 0.2) is 5.69 Å². The Kier molecular flexibility index (Phi) is 3.40. The van der Waals surface area contributed by atoms with Crippen molar-refractivity contribution < 1.29 is 17.9 Å². The number of carbonyl (C=O) groups is 1. The second kappa shape index (κ2) is 4.57. The average Bonchev–Trinajstić information content (AvgIpc) is 2.78. The van der Waals surface area contributed by atoms with Crippen molar-refractivity contribution in [3.05, 3.63) is 10.3 Å². The van der Waals surface area contributed by atoms with Crippen molar-refractivity contribution in [1.82, 2.24) is 14.6 Å². The van der Waals surface area contributed by atoms with Crippen LogP contribution in [0.2, 0.25) is 0 Å². The van der Waals surface area contributed by atoms with E-state index in [-0.39, 0.29) is 26.2 Å². The number of esters is 1. The summed E-state index contributed by atoms with van der Waals surface area (Å²) >= 11 is 3.88. The Morgan fingerprint density at radius 2 is 2.28 bits per heavy atom. The van der Waals surface area contributed by atoms with Gasteiger partial charge in [-0.1, -0.05) is 11.3 Å². The minimum atomic E-state index is -3.89. The van der Waals surface area contributed by atoms with E-state index in [1.165, 1.54) is 4.52 Å². The van der Waals surface area contributed by atoms with Crippen molar-refractivity contribution in [2.75, 3.05) is 6.61 Å². The standard InChI is InChI=1S/C7H7BrN4O4S2/c1-2-16-5(13)3-4(8)12-6(10-3)17-7(11-12)18(9,14)15/h2H2,1H3,(H2,9,14,15). The maximum Gasteiger partial charge on any atom is 0.359 e. The van der Waals surface area contributed by atoms with Crippen LogP contribution in [0, 0.1) is 0 Å². The number of halogens is 1. The van der Waals surface area contributed by atoms with E-state index in [9.17, 15) is 13.2 Å². The molecule has 0 unspecified atom stereocenters. The lowest BCUT2D eigenvalue weighted by Gasteiger charge is -1.97. The van der Waals surface area contributed by atoms with Gasteiger partial charge < -0.3 is 4.74 Å². The lowest BCUT2D eigenvalue weighted by Crippen LogP contribution is -2.12. The number of carbonyl (C=O) groups excluding carboxylic acids is 1. The number of hydrogen-bond donors (Lipinski definition) is 1. The zero-order chi connectivity index (χ0) is 13.5. The lowest BCUT2D eigenvalue weighted by atomic mass is 10.5. The molecule has 0 spiro atoms.